The summed E-state index contributed by atoms with van der Waals surface area (Å²) in [4.78, 5) is 22.7. The number of nitro groups is 1. The normalized spacial score (nSPS) is 10.2. The molecular weight excluding hydrogens is 270 g/mol. The molecule has 0 saturated heterocycles. The van der Waals surface area contributed by atoms with Crippen molar-refractivity contribution in [1.29, 1.82) is 0 Å². The van der Waals surface area contributed by atoms with Gasteiger partial charge in [0.05, 0.1) is 21.7 Å². The number of carbonyl (C=O) groups excluding carboxylic acids is 1. The molecule has 108 valence electrons. The van der Waals surface area contributed by atoms with Gasteiger partial charge in [0.1, 0.15) is 0 Å². The molecule has 0 unspecified atom stereocenters. The molecule has 0 radical (unpaired) electrons. The molecule has 2 aromatic rings. The van der Waals surface area contributed by atoms with Crippen molar-refractivity contribution in [1.82, 2.24) is 0 Å². The summed E-state index contributed by atoms with van der Waals surface area (Å²) in [6.45, 7) is 3.45. The lowest BCUT2D eigenvalue weighted by molar-refractivity contribution is -0.385. The molecule has 0 atom stereocenters. The number of nitrogens with zero attached hydrogens (tertiary/aromatic N) is 1. The number of aryl methyl sites for hydroxylation is 1. The van der Waals surface area contributed by atoms with Crippen LogP contribution in [0.25, 0.3) is 0 Å². The first-order valence-corrected chi connectivity index (χ1v) is 6.31. The molecule has 2 rings (SSSR count). The Balaban J connectivity index is 2.34. The highest BCUT2D eigenvalue weighted by Gasteiger charge is 2.16. The number of nitrogens with one attached hydrogen (secondary N) is 1. The highest BCUT2D eigenvalue weighted by molar-refractivity contribution is 6.08. The smallest absolute Gasteiger partial charge is 0.274 e. The third kappa shape index (κ3) is 3.00. The quantitative estimate of drug-likeness (QED) is 0.514. The van der Waals surface area contributed by atoms with E-state index in [0.29, 0.717) is 22.5 Å². The predicted octanol–water partition coefficient (Wildman–Crippen LogP) is 3.05. The maximum atomic E-state index is 12.3. The van der Waals surface area contributed by atoms with Gasteiger partial charge in [-0.05, 0) is 32.0 Å². The minimum Gasteiger partial charge on any atom is -0.398 e. The lowest BCUT2D eigenvalue weighted by Gasteiger charge is -2.10. The maximum Gasteiger partial charge on any atom is 0.274 e. The molecule has 1 amide bonds. The SMILES string of the molecule is Cc1ccc(N)c(C(=O)Nc2cccc([N+](=O)[O-])c2C)c1. The minimum absolute atomic E-state index is 0.0370. The van der Waals surface area contributed by atoms with Gasteiger partial charge in [0.2, 0.25) is 0 Å². The average Bonchev–Trinajstić information content (AvgIpc) is 2.43. The Morgan fingerprint density at radius 2 is 1.95 bits per heavy atom. The number of benzene rings is 2. The van der Waals surface area contributed by atoms with Crippen LogP contribution in [0.3, 0.4) is 0 Å². The molecule has 0 aliphatic heterocycles. The summed E-state index contributed by atoms with van der Waals surface area (Å²) in [5.41, 5.74) is 8.17. The highest BCUT2D eigenvalue weighted by atomic mass is 16.6. The van der Waals surface area contributed by atoms with E-state index in [4.69, 9.17) is 5.73 Å². The lowest BCUT2D eigenvalue weighted by Crippen LogP contribution is -2.15. The minimum atomic E-state index is -0.480. The van der Waals surface area contributed by atoms with Gasteiger partial charge >= 0.3 is 0 Å². The monoisotopic (exact) mass is 285 g/mol. The van der Waals surface area contributed by atoms with Crippen molar-refractivity contribution in [2.45, 2.75) is 13.8 Å². The number of hydrogen-bond donors (Lipinski definition) is 2. The molecule has 0 fully saturated rings. The Bertz CT molecular complexity index is 726. The standard InChI is InChI=1S/C15H15N3O3/c1-9-6-7-12(16)11(8-9)15(19)17-13-4-3-5-14(10(13)2)18(20)21/h3-8H,16H2,1-2H3,(H,17,19). The molecule has 2 aromatic carbocycles. The van der Waals surface area contributed by atoms with Crippen LogP contribution in [0.5, 0.6) is 0 Å². The van der Waals surface area contributed by atoms with Crippen molar-refractivity contribution in [2.75, 3.05) is 11.1 Å². The number of amides is 1. The lowest BCUT2D eigenvalue weighted by atomic mass is 10.1. The maximum absolute atomic E-state index is 12.3. The predicted molar refractivity (Wildman–Crippen MR) is 81.4 cm³/mol. The van der Waals surface area contributed by atoms with Crippen LogP contribution in [0.4, 0.5) is 17.1 Å². The summed E-state index contributed by atoms with van der Waals surface area (Å²) in [5, 5.41) is 13.6. The molecule has 0 aliphatic carbocycles. The van der Waals surface area contributed by atoms with Crippen LogP contribution < -0.4 is 11.1 Å². The third-order valence-electron chi connectivity index (χ3n) is 3.20. The molecule has 0 spiro atoms. The van der Waals surface area contributed by atoms with E-state index in [1.165, 1.54) is 12.1 Å². The van der Waals surface area contributed by atoms with Crippen LogP contribution in [0, 0.1) is 24.0 Å². The topological polar surface area (TPSA) is 98.3 Å². The van der Waals surface area contributed by atoms with Crippen molar-refractivity contribution < 1.29 is 9.72 Å². The molecule has 0 aliphatic rings. The molecule has 21 heavy (non-hydrogen) atoms. The fourth-order valence-electron chi connectivity index (χ4n) is 2.01. The summed E-state index contributed by atoms with van der Waals surface area (Å²) in [7, 11) is 0. The first kappa shape index (κ1) is 14.5. The van der Waals surface area contributed by atoms with Gasteiger partial charge in [0.25, 0.3) is 11.6 Å². The zero-order chi connectivity index (χ0) is 15.6. The summed E-state index contributed by atoms with van der Waals surface area (Å²) in [5.74, 6) is -0.389. The Labute approximate surface area is 121 Å². The summed E-state index contributed by atoms with van der Waals surface area (Å²) < 4.78 is 0. The Hall–Kier alpha value is -2.89. The van der Waals surface area contributed by atoms with Crippen LogP contribution in [-0.4, -0.2) is 10.8 Å². The zero-order valence-corrected chi connectivity index (χ0v) is 11.7. The zero-order valence-electron chi connectivity index (χ0n) is 11.7. The Morgan fingerprint density at radius 1 is 1.24 bits per heavy atom. The van der Waals surface area contributed by atoms with E-state index >= 15 is 0 Å². The van der Waals surface area contributed by atoms with Crippen molar-refractivity contribution in [3.63, 3.8) is 0 Å². The number of rotatable bonds is 3. The fourth-order valence-corrected chi connectivity index (χ4v) is 2.01. The van der Waals surface area contributed by atoms with Crippen LogP contribution in [0.2, 0.25) is 0 Å². The van der Waals surface area contributed by atoms with Gasteiger partial charge in [0, 0.05) is 11.8 Å². The van der Waals surface area contributed by atoms with Crippen molar-refractivity contribution in [3.05, 3.63) is 63.2 Å². The van der Waals surface area contributed by atoms with E-state index in [2.05, 4.69) is 5.32 Å². The Kier molecular flexibility index (Phi) is 3.89. The van der Waals surface area contributed by atoms with Crippen LogP contribution in [-0.2, 0) is 0 Å². The highest BCUT2D eigenvalue weighted by Crippen LogP contribution is 2.26. The number of nitrogen functional groups attached to an aromatic ring is 1. The van der Waals surface area contributed by atoms with E-state index in [-0.39, 0.29) is 11.6 Å². The van der Waals surface area contributed by atoms with Gasteiger partial charge in [-0.25, -0.2) is 0 Å². The summed E-state index contributed by atoms with van der Waals surface area (Å²) in [6, 6.07) is 9.69. The average molecular weight is 285 g/mol. The van der Waals surface area contributed by atoms with Crippen LogP contribution >= 0.6 is 0 Å². The van der Waals surface area contributed by atoms with Gasteiger partial charge in [-0.3, -0.25) is 14.9 Å². The van der Waals surface area contributed by atoms with Crippen LogP contribution in [0.15, 0.2) is 36.4 Å². The summed E-state index contributed by atoms with van der Waals surface area (Å²) >= 11 is 0. The summed E-state index contributed by atoms with van der Waals surface area (Å²) in [6.07, 6.45) is 0. The first-order valence-electron chi connectivity index (χ1n) is 6.31. The first-order chi connectivity index (χ1) is 9.90. The van der Waals surface area contributed by atoms with E-state index in [1.807, 2.05) is 13.0 Å². The van der Waals surface area contributed by atoms with E-state index in [9.17, 15) is 14.9 Å². The molecule has 6 heteroatoms. The number of hydrogen-bond acceptors (Lipinski definition) is 4. The van der Waals surface area contributed by atoms with Crippen molar-refractivity contribution in [3.8, 4) is 0 Å². The number of anilines is 2. The van der Waals surface area contributed by atoms with Crippen LogP contribution in [0.1, 0.15) is 21.5 Å². The largest absolute Gasteiger partial charge is 0.398 e. The molecule has 0 aromatic heterocycles. The Morgan fingerprint density at radius 3 is 2.62 bits per heavy atom. The third-order valence-corrected chi connectivity index (χ3v) is 3.20. The van der Waals surface area contributed by atoms with E-state index in [0.717, 1.165) is 5.56 Å². The van der Waals surface area contributed by atoms with E-state index in [1.54, 1.807) is 25.1 Å². The van der Waals surface area contributed by atoms with Gasteiger partial charge in [-0.2, -0.15) is 0 Å². The van der Waals surface area contributed by atoms with Gasteiger partial charge in [-0.15, -0.1) is 0 Å². The molecule has 6 nitrogen and oxygen atoms in total. The number of nitro benzene ring substituents is 1. The fraction of sp³-hybridized carbons (Fsp3) is 0.133. The van der Waals surface area contributed by atoms with Gasteiger partial charge in [-0.1, -0.05) is 17.7 Å². The number of carbonyl (C=O) groups is 1. The second kappa shape index (κ2) is 5.62. The van der Waals surface area contributed by atoms with Gasteiger partial charge in [0.15, 0.2) is 0 Å². The molecule has 3 N–H and O–H groups in total. The molecule has 0 bridgehead atoms. The second-order valence-electron chi connectivity index (χ2n) is 4.75. The van der Waals surface area contributed by atoms with Crippen molar-refractivity contribution >= 4 is 23.0 Å². The molecular formula is C15H15N3O3. The van der Waals surface area contributed by atoms with Crippen molar-refractivity contribution in [2.24, 2.45) is 0 Å². The van der Waals surface area contributed by atoms with E-state index < -0.39 is 4.92 Å². The molecule has 0 saturated carbocycles. The van der Waals surface area contributed by atoms with Gasteiger partial charge < -0.3 is 11.1 Å². The molecule has 0 heterocycles. The second-order valence-corrected chi connectivity index (χ2v) is 4.75. The number of nitrogens with two attached hydrogens (primary N) is 1.